The molecule has 0 bridgehead atoms. The van der Waals surface area contributed by atoms with Crippen LogP contribution >= 0.6 is 0 Å². The van der Waals surface area contributed by atoms with Gasteiger partial charge in [0.15, 0.2) is 11.5 Å². The van der Waals surface area contributed by atoms with Crippen molar-refractivity contribution in [2.75, 3.05) is 14.2 Å². The van der Waals surface area contributed by atoms with Crippen molar-refractivity contribution in [1.82, 2.24) is 19.9 Å². The van der Waals surface area contributed by atoms with Crippen LogP contribution in [-0.2, 0) is 22.7 Å². The Morgan fingerprint density at radius 3 is 2.37 bits per heavy atom. The first kappa shape index (κ1) is 19.2. The summed E-state index contributed by atoms with van der Waals surface area (Å²) in [5.41, 5.74) is 0.581. The van der Waals surface area contributed by atoms with Crippen molar-refractivity contribution in [2.45, 2.75) is 13.1 Å². The molecule has 4 rings (SSSR count). The maximum atomic E-state index is 12.5. The molecule has 11 heteroatoms. The van der Waals surface area contributed by atoms with Crippen molar-refractivity contribution < 1.29 is 32.8 Å². The molecule has 30 heavy (non-hydrogen) atoms. The fourth-order valence-corrected chi connectivity index (χ4v) is 2.93. The maximum absolute atomic E-state index is 12.5. The van der Waals surface area contributed by atoms with Crippen LogP contribution in [0.1, 0.15) is 11.7 Å². The number of rotatable bonds is 7. The highest BCUT2D eigenvalue weighted by Crippen LogP contribution is 2.31. The van der Waals surface area contributed by atoms with E-state index in [4.69, 9.17) is 18.4 Å². The summed E-state index contributed by atoms with van der Waals surface area (Å²) in [4.78, 5) is 42.7. The lowest BCUT2D eigenvalue weighted by Crippen LogP contribution is -2.32. The Morgan fingerprint density at radius 1 is 0.967 bits per heavy atom. The van der Waals surface area contributed by atoms with Gasteiger partial charge >= 0.3 is 17.8 Å². The highest BCUT2D eigenvalue weighted by Gasteiger charge is 2.45. The fourth-order valence-electron chi connectivity index (χ4n) is 2.93. The smallest absolute Gasteiger partial charge is 0.335 e. The molecule has 0 unspecified atom stereocenters. The Balaban J connectivity index is 1.51. The van der Waals surface area contributed by atoms with E-state index < -0.39 is 17.8 Å². The van der Waals surface area contributed by atoms with Crippen LogP contribution in [0.5, 0.6) is 11.5 Å². The van der Waals surface area contributed by atoms with Gasteiger partial charge < -0.3 is 18.4 Å². The third-order valence-electron chi connectivity index (χ3n) is 4.43. The second-order valence-electron chi connectivity index (χ2n) is 6.23. The van der Waals surface area contributed by atoms with Gasteiger partial charge in [0.05, 0.1) is 27.0 Å². The zero-order valence-corrected chi connectivity index (χ0v) is 16.0. The number of amides is 4. The molecule has 1 aromatic carbocycles. The van der Waals surface area contributed by atoms with Crippen LogP contribution in [0, 0.1) is 0 Å². The first-order valence-electron chi connectivity index (χ1n) is 8.76. The first-order chi connectivity index (χ1) is 14.5. The van der Waals surface area contributed by atoms with Gasteiger partial charge in [0.25, 0.3) is 0 Å². The van der Waals surface area contributed by atoms with Crippen LogP contribution in [0.3, 0.4) is 0 Å². The lowest BCUT2D eigenvalue weighted by molar-refractivity contribution is -0.143. The lowest BCUT2D eigenvalue weighted by Gasteiger charge is -2.12. The molecule has 11 nitrogen and oxygen atoms in total. The number of furan rings is 1. The number of benzene rings is 1. The molecule has 0 radical (unpaired) electrons. The van der Waals surface area contributed by atoms with Gasteiger partial charge in [-0.2, -0.15) is 4.98 Å². The molecule has 1 aliphatic rings. The lowest BCUT2D eigenvalue weighted by atomic mass is 10.2. The third kappa shape index (κ3) is 3.36. The molecule has 0 atom stereocenters. The van der Waals surface area contributed by atoms with Crippen molar-refractivity contribution in [1.29, 1.82) is 0 Å². The van der Waals surface area contributed by atoms with E-state index in [1.165, 1.54) is 20.5 Å². The van der Waals surface area contributed by atoms with Crippen molar-refractivity contribution in [3.8, 4) is 22.9 Å². The number of imide groups is 2. The van der Waals surface area contributed by atoms with E-state index in [1.54, 1.807) is 30.3 Å². The third-order valence-corrected chi connectivity index (χ3v) is 4.43. The number of hydrogen-bond donors (Lipinski definition) is 0. The molecular formula is C19H16N4O7. The number of carbonyl (C=O) groups excluding carboxylic acids is 3. The summed E-state index contributed by atoms with van der Waals surface area (Å²) in [6.45, 7) is -0.480. The summed E-state index contributed by atoms with van der Waals surface area (Å²) >= 11 is 0. The van der Waals surface area contributed by atoms with Gasteiger partial charge in [0.1, 0.15) is 12.3 Å². The highest BCUT2D eigenvalue weighted by atomic mass is 16.5. The number of ether oxygens (including phenoxy) is 2. The van der Waals surface area contributed by atoms with E-state index in [0.29, 0.717) is 22.8 Å². The Kier molecular flexibility index (Phi) is 4.92. The van der Waals surface area contributed by atoms with Crippen LogP contribution in [0.4, 0.5) is 4.79 Å². The van der Waals surface area contributed by atoms with Gasteiger partial charge in [-0.05, 0) is 30.3 Å². The van der Waals surface area contributed by atoms with E-state index in [0.717, 1.165) is 9.80 Å². The first-order valence-corrected chi connectivity index (χ1v) is 8.76. The highest BCUT2D eigenvalue weighted by molar-refractivity contribution is 6.44. The largest absolute Gasteiger partial charge is 0.493 e. The van der Waals surface area contributed by atoms with E-state index >= 15 is 0 Å². The molecule has 1 fully saturated rings. The topological polar surface area (TPSA) is 128 Å². The monoisotopic (exact) mass is 412 g/mol. The number of hydrogen-bond acceptors (Lipinski definition) is 9. The Bertz CT molecular complexity index is 1110. The molecule has 0 saturated carbocycles. The van der Waals surface area contributed by atoms with E-state index in [2.05, 4.69) is 10.1 Å². The van der Waals surface area contributed by atoms with Crippen molar-refractivity contribution >= 4 is 17.8 Å². The average Bonchev–Trinajstić information content (AvgIpc) is 3.49. The summed E-state index contributed by atoms with van der Waals surface area (Å²) in [6.07, 6.45) is 1.41. The van der Waals surface area contributed by atoms with Crippen molar-refractivity contribution in [3.05, 3.63) is 48.2 Å². The number of methoxy groups -OCH3 is 2. The normalized spacial score (nSPS) is 14.0. The number of nitrogens with zero attached hydrogens (tertiary/aromatic N) is 4. The standard InChI is InChI=1S/C19H16N4O7/c1-27-13-6-5-11(8-14(13)28-2)16-20-15(30-21-16)10-23-18(25)17(24)22(19(23)26)9-12-4-3-7-29-12/h3-8H,9-10H2,1-2H3. The zero-order valence-electron chi connectivity index (χ0n) is 16.0. The molecule has 0 aliphatic carbocycles. The van der Waals surface area contributed by atoms with Crippen LogP contribution in [-0.4, -0.2) is 52.0 Å². The SMILES string of the molecule is COc1ccc(-c2noc(CN3C(=O)C(=O)N(Cc4ccco4)C3=O)n2)cc1OC. The predicted molar refractivity (Wildman–Crippen MR) is 98.0 cm³/mol. The van der Waals surface area contributed by atoms with Crippen LogP contribution in [0.25, 0.3) is 11.4 Å². The molecule has 3 heterocycles. The second-order valence-corrected chi connectivity index (χ2v) is 6.23. The minimum atomic E-state index is -0.975. The second kappa shape index (κ2) is 7.70. The summed E-state index contributed by atoms with van der Waals surface area (Å²) < 4.78 is 20.7. The van der Waals surface area contributed by atoms with E-state index in [-0.39, 0.29) is 24.8 Å². The van der Waals surface area contributed by atoms with Crippen LogP contribution in [0.15, 0.2) is 45.5 Å². The number of aromatic nitrogens is 2. The van der Waals surface area contributed by atoms with Crippen molar-refractivity contribution in [3.63, 3.8) is 0 Å². The molecule has 2 aromatic heterocycles. The van der Waals surface area contributed by atoms with Gasteiger partial charge in [-0.1, -0.05) is 5.16 Å². The molecular weight excluding hydrogens is 396 g/mol. The van der Waals surface area contributed by atoms with Crippen molar-refractivity contribution in [2.24, 2.45) is 0 Å². The molecule has 154 valence electrons. The Morgan fingerprint density at radius 2 is 1.70 bits per heavy atom. The Labute approximate surface area is 169 Å². The summed E-state index contributed by atoms with van der Waals surface area (Å²) in [7, 11) is 3.02. The summed E-state index contributed by atoms with van der Waals surface area (Å²) in [6, 6.07) is 7.48. The Hall–Kier alpha value is -4.15. The average molecular weight is 412 g/mol. The molecule has 1 saturated heterocycles. The maximum Gasteiger partial charge on any atom is 0.335 e. The van der Waals surface area contributed by atoms with Gasteiger partial charge in [-0.15, -0.1) is 0 Å². The van der Waals surface area contributed by atoms with Gasteiger partial charge in [-0.3, -0.25) is 9.59 Å². The van der Waals surface area contributed by atoms with Gasteiger partial charge in [0, 0.05) is 5.56 Å². The van der Waals surface area contributed by atoms with Crippen LogP contribution < -0.4 is 9.47 Å². The molecule has 1 aliphatic heterocycles. The van der Waals surface area contributed by atoms with Gasteiger partial charge in [0.2, 0.25) is 11.7 Å². The fraction of sp³-hybridized carbons (Fsp3) is 0.211. The summed E-state index contributed by atoms with van der Waals surface area (Å²) in [5.74, 6) is -0.315. The van der Waals surface area contributed by atoms with Gasteiger partial charge in [-0.25, -0.2) is 14.6 Å². The van der Waals surface area contributed by atoms with E-state index in [1.807, 2.05) is 0 Å². The quantitative estimate of drug-likeness (QED) is 0.422. The van der Waals surface area contributed by atoms with Crippen LogP contribution in [0.2, 0.25) is 0 Å². The molecule has 3 aromatic rings. The zero-order chi connectivity index (χ0) is 21.3. The molecule has 0 N–H and O–H groups in total. The minimum absolute atomic E-state index is 0.00543. The molecule has 4 amide bonds. The minimum Gasteiger partial charge on any atom is -0.493 e. The van der Waals surface area contributed by atoms with E-state index in [9.17, 15) is 14.4 Å². The number of carbonyl (C=O) groups is 3. The summed E-state index contributed by atoms with van der Waals surface area (Å²) in [5, 5.41) is 3.86. The molecule has 0 spiro atoms. The number of urea groups is 1. The predicted octanol–water partition coefficient (Wildman–Crippen LogP) is 1.84.